The van der Waals surface area contributed by atoms with Crippen LogP contribution in [0.2, 0.25) is 0 Å². The fraction of sp³-hybridized carbons (Fsp3) is 0.444. The van der Waals surface area contributed by atoms with Gasteiger partial charge in [0, 0.05) is 37.2 Å². The van der Waals surface area contributed by atoms with Crippen molar-refractivity contribution in [1.29, 1.82) is 0 Å². The number of aromatic amines is 1. The number of amides is 1. The summed E-state index contributed by atoms with van der Waals surface area (Å²) in [4.78, 5) is 38.2. The highest BCUT2D eigenvalue weighted by Gasteiger charge is 2.24. The first-order valence-electron chi connectivity index (χ1n) is 8.77. The van der Waals surface area contributed by atoms with E-state index >= 15 is 0 Å². The van der Waals surface area contributed by atoms with Crippen molar-refractivity contribution < 1.29 is 4.79 Å². The van der Waals surface area contributed by atoms with E-state index in [1.54, 1.807) is 24.7 Å². The molecule has 1 amide bonds. The van der Waals surface area contributed by atoms with Gasteiger partial charge in [0.15, 0.2) is 0 Å². The van der Waals surface area contributed by atoms with Crippen LogP contribution in [0.15, 0.2) is 29.5 Å². The molecule has 1 atom stereocenters. The molecule has 1 aliphatic carbocycles. The molecule has 1 fully saturated rings. The highest BCUT2D eigenvalue weighted by Crippen LogP contribution is 2.20. The van der Waals surface area contributed by atoms with Crippen LogP contribution in [0.4, 0.5) is 5.82 Å². The van der Waals surface area contributed by atoms with E-state index in [4.69, 9.17) is 0 Å². The SMILES string of the molecule is O=C(N[C@H]1CCCN(c2cnccn2)C1)c1cc2c([nH]c1=O)CCC2. The van der Waals surface area contributed by atoms with Crippen molar-refractivity contribution in [2.24, 2.45) is 0 Å². The molecule has 0 spiro atoms. The molecule has 2 aromatic rings. The summed E-state index contributed by atoms with van der Waals surface area (Å²) >= 11 is 0. The molecule has 0 saturated carbocycles. The molecule has 130 valence electrons. The molecule has 25 heavy (non-hydrogen) atoms. The lowest BCUT2D eigenvalue weighted by Crippen LogP contribution is -2.48. The average Bonchev–Trinajstić information content (AvgIpc) is 3.09. The van der Waals surface area contributed by atoms with Crippen LogP contribution in [-0.2, 0) is 12.8 Å². The Bertz CT molecular complexity index is 833. The van der Waals surface area contributed by atoms with Crippen LogP contribution in [0, 0.1) is 0 Å². The van der Waals surface area contributed by atoms with Crippen molar-refractivity contribution in [3.8, 4) is 0 Å². The van der Waals surface area contributed by atoms with Crippen LogP contribution in [0.1, 0.15) is 40.9 Å². The third kappa shape index (κ3) is 3.26. The second-order valence-corrected chi connectivity index (χ2v) is 6.69. The maximum atomic E-state index is 12.6. The van der Waals surface area contributed by atoms with E-state index in [1.165, 1.54) is 0 Å². The van der Waals surface area contributed by atoms with Crippen LogP contribution in [-0.4, -0.2) is 40.0 Å². The number of fused-ring (bicyclic) bond motifs is 1. The number of rotatable bonds is 3. The number of nitrogens with one attached hydrogen (secondary N) is 2. The lowest BCUT2D eigenvalue weighted by molar-refractivity contribution is 0.0931. The Morgan fingerprint density at radius 2 is 2.20 bits per heavy atom. The third-order valence-corrected chi connectivity index (χ3v) is 4.96. The fourth-order valence-corrected chi connectivity index (χ4v) is 3.70. The Hall–Kier alpha value is -2.70. The van der Waals surface area contributed by atoms with Crippen molar-refractivity contribution in [1.82, 2.24) is 20.3 Å². The monoisotopic (exact) mass is 339 g/mol. The van der Waals surface area contributed by atoms with Crippen molar-refractivity contribution >= 4 is 11.7 Å². The van der Waals surface area contributed by atoms with Gasteiger partial charge in [-0.2, -0.15) is 0 Å². The number of carbonyl (C=O) groups is 1. The van der Waals surface area contributed by atoms with Gasteiger partial charge in [0.25, 0.3) is 11.5 Å². The quantitative estimate of drug-likeness (QED) is 0.872. The molecule has 0 radical (unpaired) electrons. The predicted molar refractivity (Wildman–Crippen MR) is 93.8 cm³/mol. The number of piperidine rings is 1. The Labute approximate surface area is 145 Å². The molecule has 0 bridgehead atoms. The van der Waals surface area contributed by atoms with Gasteiger partial charge in [-0.05, 0) is 43.7 Å². The van der Waals surface area contributed by atoms with Crippen LogP contribution >= 0.6 is 0 Å². The van der Waals surface area contributed by atoms with Crippen LogP contribution in [0.3, 0.4) is 0 Å². The molecule has 3 heterocycles. The minimum Gasteiger partial charge on any atom is -0.353 e. The Kier molecular flexibility index (Phi) is 4.21. The van der Waals surface area contributed by atoms with Crippen molar-refractivity contribution in [3.63, 3.8) is 0 Å². The van der Waals surface area contributed by atoms with Gasteiger partial charge in [0.05, 0.1) is 6.20 Å². The summed E-state index contributed by atoms with van der Waals surface area (Å²) in [5.74, 6) is 0.527. The number of anilines is 1. The predicted octanol–water partition coefficient (Wildman–Crippen LogP) is 1.05. The largest absolute Gasteiger partial charge is 0.353 e. The summed E-state index contributed by atoms with van der Waals surface area (Å²) in [6, 6.07) is 1.76. The number of carbonyl (C=O) groups excluding carboxylic acids is 1. The van der Waals surface area contributed by atoms with E-state index in [0.717, 1.165) is 55.7 Å². The van der Waals surface area contributed by atoms with E-state index < -0.39 is 0 Å². The molecule has 2 N–H and O–H groups in total. The van der Waals surface area contributed by atoms with Gasteiger partial charge in [-0.25, -0.2) is 4.98 Å². The molecular formula is C18H21N5O2. The van der Waals surface area contributed by atoms with Crippen molar-refractivity contribution in [2.75, 3.05) is 18.0 Å². The maximum absolute atomic E-state index is 12.6. The van der Waals surface area contributed by atoms with Gasteiger partial charge in [0.2, 0.25) is 0 Å². The van der Waals surface area contributed by atoms with E-state index in [0.29, 0.717) is 6.54 Å². The summed E-state index contributed by atoms with van der Waals surface area (Å²) in [6.45, 7) is 1.57. The zero-order valence-corrected chi connectivity index (χ0v) is 14.0. The molecule has 0 aromatic carbocycles. The minimum atomic E-state index is -0.292. The first kappa shape index (κ1) is 15.8. The van der Waals surface area contributed by atoms with Gasteiger partial charge in [-0.3, -0.25) is 14.6 Å². The molecule has 7 nitrogen and oxygen atoms in total. The van der Waals surface area contributed by atoms with E-state index in [2.05, 4.69) is 25.2 Å². The first-order chi connectivity index (χ1) is 12.2. The van der Waals surface area contributed by atoms with Crippen LogP contribution in [0.5, 0.6) is 0 Å². The molecule has 2 aromatic heterocycles. The third-order valence-electron chi connectivity index (χ3n) is 4.96. The summed E-state index contributed by atoms with van der Waals surface area (Å²) in [5, 5.41) is 3.02. The summed E-state index contributed by atoms with van der Waals surface area (Å²) in [6.07, 6.45) is 9.75. The Morgan fingerprint density at radius 3 is 3.04 bits per heavy atom. The molecule has 0 unspecified atom stereocenters. The number of aryl methyl sites for hydroxylation is 2. The van der Waals surface area contributed by atoms with Gasteiger partial charge in [-0.1, -0.05) is 0 Å². The molecule has 1 saturated heterocycles. The van der Waals surface area contributed by atoms with Gasteiger partial charge >= 0.3 is 0 Å². The van der Waals surface area contributed by atoms with Gasteiger partial charge in [0.1, 0.15) is 11.4 Å². The zero-order valence-electron chi connectivity index (χ0n) is 14.0. The maximum Gasteiger partial charge on any atom is 0.261 e. The summed E-state index contributed by atoms with van der Waals surface area (Å²) < 4.78 is 0. The number of hydrogen-bond acceptors (Lipinski definition) is 5. The van der Waals surface area contributed by atoms with Crippen molar-refractivity contribution in [2.45, 2.75) is 38.1 Å². The van der Waals surface area contributed by atoms with E-state index in [1.807, 2.05) is 0 Å². The zero-order chi connectivity index (χ0) is 17.2. The second-order valence-electron chi connectivity index (χ2n) is 6.69. The van der Waals surface area contributed by atoms with Crippen molar-refractivity contribution in [3.05, 3.63) is 51.8 Å². The molecular weight excluding hydrogens is 318 g/mol. The highest BCUT2D eigenvalue weighted by atomic mass is 16.2. The molecule has 4 rings (SSSR count). The smallest absolute Gasteiger partial charge is 0.261 e. The second kappa shape index (κ2) is 6.66. The van der Waals surface area contributed by atoms with E-state index in [-0.39, 0.29) is 23.1 Å². The molecule has 2 aliphatic rings. The summed E-state index contributed by atoms with van der Waals surface area (Å²) in [7, 11) is 0. The number of aromatic nitrogens is 3. The van der Waals surface area contributed by atoms with Crippen LogP contribution in [0.25, 0.3) is 0 Å². The number of hydrogen-bond donors (Lipinski definition) is 2. The van der Waals surface area contributed by atoms with Gasteiger partial charge < -0.3 is 15.2 Å². The van der Waals surface area contributed by atoms with Gasteiger partial charge in [-0.15, -0.1) is 0 Å². The van der Waals surface area contributed by atoms with Crippen LogP contribution < -0.4 is 15.8 Å². The lowest BCUT2D eigenvalue weighted by Gasteiger charge is -2.33. The first-order valence-corrected chi connectivity index (χ1v) is 8.77. The Morgan fingerprint density at radius 1 is 1.28 bits per heavy atom. The lowest BCUT2D eigenvalue weighted by atomic mass is 10.0. The molecule has 7 heteroatoms. The number of H-pyrrole nitrogens is 1. The highest BCUT2D eigenvalue weighted by molar-refractivity contribution is 5.94. The standard InChI is InChI=1S/C18H21N5O2/c24-17(14-9-12-3-1-5-15(12)22-18(14)25)21-13-4-2-8-23(11-13)16-10-19-6-7-20-16/h6-7,9-10,13H,1-5,8,11H2,(H,21,24)(H,22,25)/t13-/m0/s1. The summed E-state index contributed by atoms with van der Waals surface area (Å²) in [5.41, 5.74) is 2.00. The normalized spacial score (nSPS) is 19.5. The Balaban J connectivity index is 1.47. The fourth-order valence-electron chi connectivity index (χ4n) is 3.70. The topological polar surface area (TPSA) is 91.0 Å². The average molecular weight is 339 g/mol. The molecule has 1 aliphatic heterocycles. The number of pyridine rings is 1. The van der Waals surface area contributed by atoms with E-state index in [9.17, 15) is 9.59 Å². The minimum absolute atomic E-state index is 0.00379. The number of nitrogens with zero attached hydrogens (tertiary/aromatic N) is 3.